The third-order valence-electron chi connectivity index (χ3n) is 3.81. The lowest BCUT2D eigenvalue weighted by Crippen LogP contribution is -2.34. The summed E-state index contributed by atoms with van der Waals surface area (Å²) < 4.78 is 0. The molecule has 3 nitrogen and oxygen atoms in total. The highest BCUT2D eigenvalue weighted by atomic mass is 16.7. The molecule has 0 N–H and O–H groups in total. The maximum absolute atomic E-state index is 12.3. The highest BCUT2D eigenvalue weighted by Gasteiger charge is 2.50. The van der Waals surface area contributed by atoms with Crippen LogP contribution in [0.1, 0.15) is 37.8 Å². The Morgan fingerprint density at radius 1 is 1.35 bits per heavy atom. The summed E-state index contributed by atoms with van der Waals surface area (Å²) in [6, 6.07) is 10.2. The van der Waals surface area contributed by atoms with Gasteiger partial charge < -0.3 is 0 Å². The minimum absolute atomic E-state index is 0.0983. The van der Waals surface area contributed by atoms with E-state index in [0.717, 1.165) is 19.3 Å². The van der Waals surface area contributed by atoms with Gasteiger partial charge in [-0.15, -0.1) is 0 Å². The van der Waals surface area contributed by atoms with Gasteiger partial charge >= 0.3 is 0 Å². The lowest BCUT2D eigenvalue weighted by atomic mass is 10.0. The second-order valence-electron chi connectivity index (χ2n) is 5.24. The summed E-state index contributed by atoms with van der Waals surface area (Å²) in [5, 5.41) is 1.61. The lowest BCUT2D eigenvalue weighted by molar-refractivity contribution is -0.182. The lowest BCUT2D eigenvalue weighted by Gasteiger charge is -2.25. The molecular weight excluding hydrogens is 214 g/mol. The molecule has 0 aromatic heterocycles. The minimum atomic E-state index is -0.155. The van der Waals surface area contributed by atoms with E-state index < -0.39 is 0 Å². The Kier molecular flexibility index (Phi) is 2.44. The van der Waals surface area contributed by atoms with Crippen molar-refractivity contribution in [3.05, 3.63) is 35.9 Å². The first-order valence-corrected chi connectivity index (χ1v) is 6.22. The normalized spacial score (nSPS) is 25.9. The van der Waals surface area contributed by atoms with E-state index >= 15 is 0 Å². The molecular formula is C14H17NO2. The maximum Gasteiger partial charge on any atom is 0.252 e. The van der Waals surface area contributed by atoms with Crippen LogP contribution in [0.15, 0.2) is 30.3 Å². The standard InChI is InChI=1S/C14H17NO2/c1-14(8-9-14)13(16)15-12(7-10-17-15)11-5-3-2-4-6-11/h2-6,12H,7-10H2,1H3/t12-/m0/s1. The van der Waals surface area contributed by atoms with Crippen molar-refractivity contribution in [1.82, 2.24) is 5.06 Å². The quantitative estimate of drug-likeness (QED) is 0.783. The Morgan fingerprint density at radius 3 is 2.71 bits per heavy atom. The van der Waals surface area contributed by atoms with Crippen LogP contribution in [0.3, 0.4) is 0 Å². The van der Waals surface area contributed by atoms with Gasteiger partial charge in [0.25, 0.3) is 5.91 Å². The van der Waals surface area contributed by atoms with Crippen molar-refractivity contribution >= 4 is 5.91 Å². The first-order chi connectivity index (χ1) is 8.21. The Morgan fingerprint density at radius 2 is 2.06 bits per heavy atom. The smallest absolute Gasteiger partial charge is 0.252 e. The SMILES string of the molecule is CC1(C(=O)N2OCC[C@H]2c2ccccc2)CC1. The van der Waals surface area contributed by atoms with Gasteiger partial charge in [0.05, 0.1) is 12.6 Å². The number of hydroxylamine groups is 2. The fourth-order valence-electron chi connectivity index (χ4n) is 2.31. The zero-order chi connectivity index (χ0) is 11.9. The van der Waals surface area contributed by atoms with Crippen LogP contribution in [0, 0.1) is 5.41 Å². The zero-order valence-electron chi connectivity index (χ0n) is 10.1. The number of hydrogen-bond donors (Lipinski definition) is 0. The van der Waals surface area contributed by atoms with Crippen LogP contribution in [-0.4, -0.2) is 17.6 Å². The molecule has 3 rings (SSSR count). The molecule has 1 saturated carbocycles. The van der Waals surface area contributed by atoms with Crippen LogP contribution in [0.5, 0.6) is 0 Å². The average Bonchev–Trinajstić information content (AvgIpc) is 2.95. The third-order valence-corrected chi connectivity index (χ3v) is 3.81. The van der Waals surface area contributed by atoms with E-state index in [9.17, 15) is 4.79 Å². The van der Waals surface area contributed by atoms with Gasteiger partial charge in [0.2, 0.25) is 0 Å². The second-order valence-corrected chi connectivity index (χ2v) is 5.24. The van der Waals surface area contributed by atoms with Crippen LogP contribution >= 0.6 is 0 Å². The molecule has 1 amide bonds. The predicted octanol–water partition coefficient (Wildman–Crippen LogP) is 2.69. The van der Waals surface area contributed by atoms with Crippen LogP contribution in [-0.2, 0) is 9.63 Å². The number of nitrogens with zero attached hydrogens (tertiary/aromatic N) is 1. The molecule has 1 aliphatic carbocycles. The molecule has 1 atom stereocenters. The summed E-state index contributed by atoms with van der Waals surface area (Å²) >= 11 is 0. The molecule has 1 saturated heterocycles. The Hall–Kier alpha value is -1.35. The molecule has 1 aromatic carbocycles. The van der Waals surface area contributed by atoms with Gasteiger partial charge in [-0.3, -0.25) is 9.63 Å². The van der Waals surface area contributed by atoms with E-state index in [1.165, 1.54) is 5.56 Å². The first kappa shape index (κ1) is 10.8. The summed E-state index contributed by atoms with van der Waals surface area (Å²) in [5.74, 6) is 0.156. The highest BCUT2D eigenvalue weighted by Crippen LogP contribution is 2.48. The molecule has 1 aromatic rings. The van der Waals surface area contributed by atoms with E-state index in [-0.39, 0.29) is 17.4 Å². The summed E-state index contributed by atoms with van der Waals surface area (Å²) in [6.07, 6.45) is 2.88. The van der Waals surface area contributed by atoms with Crippen molar-refractivity contribution in [2.75, 3.05) is 6.61 Å². The monoisotopic (exact) mass is 231 g/mol. The summed E-state index contributed by atoms with van der Waals surface area (Å²) in [7, 11) is 0. The van der Waals surface area contributed by atoms with Gasteiger partial charge in [-0.1, -0.05) is 37.3 Å². The van der Waals surface area contributed by atoms with Crippen molar-refractivity contribution in [2.45, 2.75) is 32.2 Å². The van der Waals surface area contributed by atoms with E-state index in [4.69, 9.17) is 4.84 Å². The molecule has 2 fully saturated rings. The molecule has 3 heteroatoms. The van der Waals surface area contributed by atoms with Crippen LogP contribution in [0.2, 0.25) is 0 Å². The average molecular weight is 231 g/mol. The van der Waals surface area contributed by atoms with Gasteiger partial charge in [-0.05, 0) is 18.4 Å². The van der Waals surface area contributed by atoms with Crippen molar-refractivity contribution in [3.63, 3.8) is 0 Å². The largest absolute Gasteiger partial charge is 0.272 e. The molecule has 0 bridgehead atoms. The maximum atomic E-state index is 12.3. The molecule has 17 heavy (non-hydrogen) atoms. The highest BCUT2D eigenvalue weighted by molar-refractivity contribution is 5.84. The number of hydrogen-bond acceptors (Lipinski definition) is 2. The third kappa shape index (κ3) is 1.84. The molecule has 90 valence electrons. The molecule has 0 unspecified atom stereocenters. The Bertz CT molecular complexity index is 425. The van der Waals surface area contributed by atoms with E-state index in [2.05, 4.69) is 12.1 Å². The molecule has 1 heterocycles. The Labute approximate surface area is 101 Å². The van der Waals surface area contributed by atoms with Gasteiger partial charge in [0.15, 0.2) is 0 Å². The van der Waals surface area contributed by atoms with Crippen LogP contribution in [0.4, 0.5) is 0 Å². The number of rotatable bonds is 2. The summed E-state index contributed by atoms with van der Waals surface area (Å²) in [5.41, 5.74) is 1.01. The van der Waals surface area contributed by atoms with Crippen LogP contribution in [0.25, 0.3) is 0 Å². The van der Waals surface area contributed by atoms with Crippen molar-refractivity contribution in [3.8, 4) is 0 Å². The number of carbonyl (C=O) groups excluding carboxylic acids is 1. The summed E-state index contributed by atoms with van der Waals surface area (Å²) in [6.45, 7) is 2.67. The number of benzene rings is 1. The number of amides is 1. The van der Waals surface area contributed by atoms with Gasteiger partial charge in [0, 0.05) is 11.8 Å². The van der Waals surface area contributed by atoms with E-state index in [0.29, 0.717) is 6.61 Å². The van der Waals surface area contributed by atoms with Crippen molar-refractivity contribution < 1.29 is 9.63 Å². The van der Waals surface area contributed by atoms with E-state index in [1.54, 1.807) is 5.06 Å². The molecule has 2 aliphatic rings. The fraction of sp³-hybridized carbons (Fsp3) is 0.500. The van der Waals surface area contributed by atoms with Gasteiger partial charge in [0.1, 0.15) is 0 Å². The van der Waals surface area contributed by atoms with Crippen molar-refractivity contribution in [1.29, 1.82) is 0 Å². The van der Waals surface area contributed by atoms with Gasteiger partial charge in [-0.2, -0.15) is 0 Å². The van der Waals surface area contributed by atoms with Gasteiger partial charge in [-0.25, -0.2) is 5.06 Å². The summed E-state index contributed by atoms with van der Waals surface area (Å²) in [4.78, 5) is 17.8. The molecule has 0 radical (unpaired) electrons. The minimum Gasteiger partial charge on any atom is -0.272 e. The second kappa shape index (κ2) is 3.84. The number of carbonyl (C=O) groups is 1. The Balaban J connectivity index is 1.83. The van der Waals surface area contributed by atoms with E-state index in [1.807, 2.05) is 25.1 Å². The zero-order valence-corrected chi connectivity index (χ0v) is 10.1. The molecule has 1 aliphatic heterocycles. The van der Waals surface area contributed by atoms with Crippen molar-refractivity contribution in [2.24, 2.45) is 5.41 Å². The van der Waals surface area contributed by atoms with Crippen LogP contribution < -0.4 is 0 Å². The first-order valence-electron chi connectivity index (χ1n) is 6.22. The topological polar surface area (TPSA) is 29.5 Å². The molecule has 0 spiro atoms. The predicted molar refractivity (Wildman–Crippen MR) is 63.9 cm³/mol. The fourth-order valence-corrected chi connectivity index (χ4v) is 2.31.